The number of hydrogen-bond acceptors (Lipinski definition) is 4. The molecule has 1 aliphatic rings. The molecule has 27 heavy (non-hydrogen) atoms. The maximum Gasteiger partial charge on any atom is 0.233 e. The van der Waals surface area contributed by atoms with Crippen molar-refractivity contribution in [2.24, 2.45) is 5.73 Å². The largest absolute Gasteiger partial charge is 0.488 e. The lowest BCUT2D eigenvalue weighted by molar-refractivity contribution is -0.117. The van der Waals surface area contributed by atoms with Crippen LogP contribution in [0.25, 0.3) is 0 Å². The first kappa shape index (κ1) is 21.2. The van der Waals surface area contributed by atoms with Crippen LogP contribution in [-0.2, 0) is 4.79 Å². The first-order chi connectivity index (χ1) is 12.7. The Labute approximate surface area is 166 Å². The number of aliphatic hydroxyl groups is 1. The van der Waals surface area contributed by atoms with Crippen LogP contribution in [0.15, 0.2) is 54.6 Å². The molecule has 1 fully saturated rings. The fourth-order valence-corrected chi connectivity index (χ4v) is 3.32. The number of anilines is 1. The smallest absolute Gasteiger partial charge is 0.233 e. The number of nitrogens with one attached hydrogen (secondary N) is 1. The van der Waals surface area contributed by atoms with Crippen molar-refractivity contribution in [2.75, 3.05) is 11.9 Å². The molecular formula is C21H27ClN2O3. The van der Waals surface area contributed by atoms with E-state index in [1.165, 1.54) is 0 Å². The van der Waals surface area contributed by atoms with E-state index >= 15 is 0 Å². The van der Waals surface area contributed by atoms with Crippen LogP contribution in [0.2, 0.25) is 0 Å². The fraction of sp³-hybridized carbons (Fsp3) is 0.381. The summed E-state index contributed by atoms with van der Waals surface area (Å²) in [5.74, 6) is 0.187. The Balaban J connectivity index is 0.00000261. The van der Waals surface area contributed by atoms with Crippen LogP contribution in [0, 0.1) is 0 Å². The van der Waals surface area contributed by atoms with E-state index in [0.717, 1.165) is 31.2 Å². The number of aliphatic hydroxyl groups excluding tert-OH is 1. The molecule has 3 atom stereocenters. The Morgan fingerprint density at radius 2 is 1.78 bits per heavy atom. The van der Waals surface area contributed by atoms with Gasteiger partial charge in [-0.1, -0.05) is 36.8 Å². The minimum atomic E-state index is -0.403. The quantitative estimate of drug-likeness (QED) is 0.705. The molecule has 0 radical (unpaired) electrons. The van der Waals surface area contributed by atoms with Crippen molar-refractivity contribution in [1.82, 2.24) is 0 Å². The van der Waals surface area contributed by atoms with Gasteiger partial charge in [0.05, 0.1) is 12.0 Å². The molecule has 3 unspecified atom stereocenters. The third-order valence-corrected chi connectivity index (χ3v) is 4.83. The SMILES string of the molecule is Cl.NCC(C(=O)Nc1ccc(OC2CCCCC2O)cc1)c1ccccc1. The highest BCUT2D eigenvalue weighted by molar-refractivity contribution is 5.96. The Morgan fingerprint density at radius 1 is 1.11 bits per heavy atom. The molecule has 1 saturated carbocycles. The summed E-state index contributed by atoms with van der Waals surface area (Å²) >= 11 is 0. The van der Waals surface area contributed by atoms with Gasteiger partial charge in [0.2, 0.25) is 5.91 Å². The molecule has 0 saturated heterocycles. The predicted octanol–water partition coefficient (Wildman–Crippen LogP) is 3.47. The lowest BCUT2D eigenvalue weighted by Crippen LogP contribution is -2.34. The second kappa shape index (κ2) is 10.3. The number of carbonyl (C=O) groups is 1. The van der Waals surface area contributed by atoms with Crippen LogP contribution in [0.4, 0.5) is 5.69 Å². The number of rotatable bonds is 6. The summed E-state index contributed by atoms with van der Waals surface area (Å²) in [7, 11) is 0. The number of halogens is 1. The van der Waals surface area contributed by atoms with Crippen molar-refractivity contribution in [3.05, 3.63) is 60.2 Å². The molecule has 3 rings (SSSR count). The molecule has 0 bridgehead atoms. The van der Waals surface area contributed by atoms with Gasteiger partial charge in [-0.25, -0.2) is 0 Å². The standard InChI is InChI=1S/C21H26N2O3.ClH/c22-14-18(15-6-2-1-3-7-15)21(25)23-16-10-12-17(13-11-16)26-20-9-5-4-8-19(20)24;/h1-3,6-7,10-13,18-20,24H,4-5,8-9,14,22H2,(H,23,25);1H. The monoisotopic (exact) mass is 390 g/mol. The van der Waals surface area contributed by atoms with Gasteiger partial charge in [0.15, 0.2) is 0 Å². The summed E-state index contributed by atoms with van der Waals surface area (Å²) in [6.07, 6.45) is 3.24. The van der Waals surface area contributed by atoms with Crippen molar-refractivity contribution >= 4 is 24.0 Å². The van der Waals surface area contributed by atoms with Crippen molar-refractivity contribution in [3.63, 3.8) is 0 Å². The van der Waals surface area contributed by atoms with E-state index in [9.17, 15) is 9.90 Å². The van der Waals surface area contributed by atoms with Gasteiger partial charge >= 0.3 is 0 Å². The van der Waals surface area contributed by atoms with Gasteiger partial charge in [-0.2, -0.15) is 0 Å². The number of nitrogens with two attached hydrogens (primary N) is 1. The highest BCUT2D eigenvalue weighted by Gasteiger charge is 2.24. The Morgan fingerprint density at radius 3 is 2.41 bits per heavy atom. The number of carbonyl (C=O) groups excluding carboxylic acids is 1. The normalized spacial score (nSPS) is 20.2. The van der Waals surface area contributed by atoms with Crippen LogP contribution in [0.5, 0.6) is 5.75 Å². The molecule has 0 aliphatic heterocycles. The first-order valence-electron chi connectivity index (χ1n) is 9.18. The lowest BCUT2D eigenvalue weighted by atomic mass is 9.95. The molecule has 2 aromatic carbocycles. The average molecular weight is 391 g/mol. The number of hydrogen-bond donors (Lipinski definition) is 3. The fourth-order valence-electron chi connectivity index (χ4n) is 3.32. The Hall–Kier alpha value is -2.08. The summed E-state index contributed by atoms with van der Waals surface area (Å²) < 4.78 is 5.88. The van der Waals surface area contributed by atoms with Gasteiger partial charge in [-0.3, -0.25) is 4.79 Å². The van der Waals surface area contributed by atoms with E-state index in [4.69, 9.17) is 10.5 Å². The molecule has 0 aromatic heterocycles. The molecular weight excluding hydrogens is 364 g/mol. The molecule has 1 amide bonds. The van der Waals surface area contributed by atoms with Gasteiger partial charge in [-0.05, 0) is 49.1 Å². The van der Waals surface area contributed by atoms with Gasteiger partial charge in [0, 0.05) is 12.2 Å². The van der Waals surface area contributed by atoms with E-state index in [2.05, 4.69) is 5.32 Å². The Bertz CT molecular complexity index is 709. The molecule has 0 heterocycles. The summed E-state index contributed by atoms with van der Waals surface area (Å²) in [5.41, 5.74) is 7.39. The zero-order chi connectivity index (χ0) is 18.4. The number of ether oxygens (including phenoxy) is 1. The predicted molar refractivity (Wildman–Crippen MR) is 109 cm³/mol. The summed E-state index contributed by atoms with van der Waals surface area (Å²) in [5, 5.41) is 12.9. The van der Waals surface area contributed by atoms with Crippen LogP contribution in [0.1, 0.15) is 37.2 Å². The molecule has 6 heteroatoms. The molecule has 146 valence electrons. The second-order valence-electron chi connectivity index (χ2n) is 6.72. The zero-order valence-electron chi connectivity index (χ0n) is 15.2. The van der Waals surface area contributed by atoms with Gasteiger partial charge < -0.3 is 20.9 Å². The Kier molecular flexibility index (Phi) is 8.10. The lowest BCUT2D eigenvalue weighted by Gasteiger charge is -2.28. The van der Waals surface area contributed by atoms with Crippen molar-refractivity contribution < 1.29 is 14.6 Å². The van der Waals surface area contributed by atoms with E-state index < -0.39 is 6.10 Å². The highest BCUT2D eigenvalue weighted by atomic mass is 35.5. The third kappa shape index (κ3) is 5.70. The van der Waals surface area contributed by atoms with Crippen molar-refractivity contribution in [1.29, 1.82) is 0 Å². The molecule has 0 spiro atoms. The van der Waals surface area contributed by atoms with Crippen LogP contribution < -0.4 is 15.8 Å². The summed E-state index contributed by atoms with van der Waals surface area (Å²) in [6, 6.07) is 16.8. The topological polar surface area (TPSA) is 84.6 Å². The van der Waals surface area contributed by atoms with Crippen molar-refractivity contribution in [3.8, 4) is 5.75 Å². The van der Waals surface area contributed by atoms with E-state index in [1.54, 1.807) is 12.1 Å². The average Bonchev–Trinajstić information content (AvgIpc) is 2.67. The number of amides is 1. The van der Waals surface area contributed by atoms with E-state index in [1.807, 2.05) is 42.5 Å². The minimum absolute atomic E-state index is 0. The van der Waals surface area contributed by atoms with Gasteiger partial charge in [-0.15, -0.1) is 12.4 Å². The van der Waals surface area contributed by atoms with E-state index in [0.29, 0.717) is 11.4 Å². The summed E-state index contributed by atoms with van der Waals surface area (Å²) in [6.45, 7) is 0.247. The molecule has 2 aromatic rings. The molecule has 4 N–H and O–H groups in total. The van der Waals surface area contributed by atoms with Gasteiger partial charge in [0.25, 0.3) is 0 Å². The van der Waals surface area contributed by atoms with Crippen LogP contribution in [0.3, 0.4) is 0 Å². The highest BCUT2D eigenvalue weighted by Crippen LogP contribution is 2.25. The minimum Gasteiger partial charge on any atom is -0.488 e. The van der Waals surface area contributed by atoms with Crippen LogP contribution >= 0.6 is 12.4 Å². The molecule has 5 nitrogen and oxygen atoms in total. The molecule has 1 aliphatic carbocycles. The summed E-state index contributed by atoms with van der Waals surface area (Å²) in [4.78, 5) is 12.5. The maximum atomic E-state index is 12.5. The number of benzene rings is 2. The van der Waals surface area contributed by atoms with Gasteiger partial charge in [0.1, 0.15) is 11.9 Å². The third-order valence-electron chi connectivity index (χ3n) is 4.83. The first-order valence-corrected chi connectivity index (χ1v) is 9.18. The maximum absolute atomic E-state index is 12.5. The second-order valence-corrected chi connectivity index (χ2v) is 6.72. The van der Waals surface area contributed by atoms with Crippen LogP contribution in [-0.4, -0.2) is 29.8 Å². The van der Waals surface area contributed by atoms with Crippen molar-refractivity contribution in [2.45, 2.75) is 43.8 Å². The van der Waals surface area contributed by atoms with E-state index in [-0.39, 0.29) is 36.9 Å². The zero-order valence-corrected chi connectivity index (χ0v) is 16.0.